The summed E-state index contributed by atoms with van der Waals surface area (Å²) in [6.07, 6.45) is -3.60. The summed E-state index contributed by atoms with van der Waals surface area (Å²) in [5, 5.41) is 22.0. The molecule has 1 saturated heterocycles. The van der Waals surface area contributed by atoms with E-state index in [2.05, 4.69) is 28.1 Å². The summed E-state index contributed by atoms with van der Waals surface area (Å²) in [7, 11) is -16.4. The number of phosphoric ester groups is 1. The summed E-state index contributed by atoms with van der Waals surface area (Å²) < 4.78 is 60.8. The summed E-state index contributed by atoms with van der Waals surface area (Å²) in [6, 6.07) is 2.64. The van der Waals surface area contributed by atoms with Crippen LogP contribution in [0, 0.1) is 0 Å². The molecule has 0 bridgehead atoms. The molecule has 0 spiro atoms. The van der Waals surface area contributed by atoms with Crippen LogP contribution in [0.15, 0.2) is 30.2 Å². The van der Waals surface area contributed by atoms with E-state index in [9.17, 15) is 28.8 Å². The molecule has 1 aliphatic heterocycles. The molecule has 22 heteroatoms. The van der Waals surface area contributed by atoms with Crippen molar-refractivity contribution in [3.05, 3.63) is 30.2 Å². The number of phosphoric acid groups is 3. The van der Waals surface area contributed by atoms with Gasteiger partial charge in [0.25, 0.3) is 0 Å². The van der Waals surface area contributed by atoms with Crippen LogP contribution in [-0.2, 0) is 31.6 Å². The Kier molecular flexibility index (Phi) is 7.68. The van der Waals surface area contributed by atoms with E-state index in [-0.39, 0.29) is 22.0 Å². The quantitative estimate of drug-likeness (QED) is 0.176. The summed E-state index contributed by atoms with van der Waals surface area (Å²) >= 11 is 0.812. The van der Waals surface area contributed by atoms with Gasteiger partial charge in [-0.15, -0.1) is 11.3 Å². The second-order valence-corrected chi connectivity index (χ2v) is 12.5. The van der Waals surface area contributed by atoms with Crippen molar-refractivity contribution in [3.63, 3.8) is 0 Å². The molecule has 0 aliphatic carbocycles. The molecule has 1 aliphatic rings. The van der Waals surface area contributed by atoms with Gasteiger partial charge in [-0.1, -0.05) is 0 Å². The van der Waals surface area contributed by atoms with Crippen molar-refractivity contribution in [1.82, 2.24) is 19.5 Å². The summed E-state index contributed by atoms with van der Waals surface area (Å²) in [5.74, 6) is 0.0526. The second kappa shape index (κ2) is 10.2. The third-order valence-electron chi connectivity index (χ3n) is 4.51. The fraction of sp³-hybridized carbons (Fsp3) is 0.357. The molecule has 3 aromatic heterocycles. The van der Waals surface area contributed by atoms with Gasteiger partial charge in [-0.25, -0.2) is 28.6 Å². The molecule has 4 heterocycles. The van der Waals surface area contributed by atoms with Gasteiger partial charge in [-0.05, 0) is 17.5 Å². The fourth-order valence-electron chi connectivity index (χ4n) is 3.07. The van der Waals surface area contributed by atoms with E-state index in [0.717, 1.165) is 17.7 Å². The Labute approximate surface area is 204 Å². The van der Waals surface area contributed by atoms with E-state index < -0.39 is 54.6 Å². The zero-order valence-corrected chi connectivity index (χ0v) is 21.0. The number of nitrogens with two attached hydrogens (primary N) is 1. The highest BCUT2D eigenvalue weighted by Crippen LogP contribution is 2.69. The summed E-state index contributed by atoms with van der Waals surface area (Å²) in [6.45, 7) is -0.916. The lowest BCUT2D eigenvalue weighted by Gasteiger charge is -2.21. The highest BCUT2D eigenvalue weighted by Gasteiger charge is 2.48. The number of anilines is 1. The molecule has 4 unspecified atom stereocenters. The van der Waals surface area contributed by atoms with Crippen LogP contribution in [0.1, 0.15) is 6.23 Å². The monoisotopic (exact) mass is 589 g/mol. The largest absolute Gasteiger partial charge is 0.548 e. The molecule has 36 heavy (non-hydrogen) atoms. The Morgan fingerprint density at radius 2 is 1.86 bits per heavy atom. The smallest absolute Gasteiger partial charge is 0.393 e. The molecule has 0 aromatic carbocycles. The number of aromatic nitrogens is 4. The highest BCUT2D eigenvalue weighted by atomic mass is 32.1. The normalized spacial score (nSPS) is 26.0. The minimum Gasteiger partial charge on any atom is -0.393 e. The number of fused-ring (bicyclic) bond motifs is 1. The first kappa shape index (κ1) is 27.2. The predicted molar refractivity (Wildman–Crippen MR) is 118 cm³/mol. The van der Waals surface area contributed by atoms with Crippen LogP contribution in [-0.4, -0.2) is 69.3 Å². The molecule has 3 aromatic rings. The van der Waals surface area contributed by atoms with Gasteiger partial charge >= 0.3 is 23.5 Å². The number of ether oxygens (including phenoxy) is 1. The first-order valence-corrected chi connectivity index (χ1v) is 14.9. The first-order chi connectivity index (χ1) is 16.8. The van der Waals surface area contributed by atoms with Crippen molar-refractivity contribution in [2.24, 2.45) is 0 Å². The van der Waals surface area contributed by atoms with E-state index in [1.54, 1.807) is 0 Å². The second-order valence-electron chi connectivity index (χ2n) is 7.02. The number of hydrogen-bond acceptors (Lipinski definition) is 15. The van der Waals surface area contributed by atoms with Gasteiger partial charge in [0.15, 0.2) is 22.8 Å². The Bertz CT molecular complexity index is 1370. The molecular formula is C14H18N5O13P3S. The van der Waals surface area contributed by atoms with Crippen LogP contribution in [0.5, 0.6) is 5.06 Å². The number of thiophene rings is 1. The number of aliphatic hydroxyl groups is 2. The lowest BCUT2D eigenvalue weighted by Crippen LogP contribution is -2.33. The number of hydrogen-bond donors (Lipinski definition) is 6. The molecule has 18 nitrogen and oxygen atoms in total. The Balaban J connectivity index is 1.46. The molecule has 0 saturated carbocycles. The molecule has 1 fully saturated rings. The maximum absolute atomic E-state index is 12.7. The van der Waals surface area contributed by atoms with Gasteiger partial charge in [0.1, 0.15) is 30.2 Å². The SMILES string of the molecule is Nc1ncnc2c1ncn2[C@@H]1O[C@H](COP(=O)(O)OP(=O)(Oc2cccs2)OP(=O)(O)O)C(O)C1O. The fourth-order valence-corrected chi connectivity index (χ4v) is 7.48. The van der Waals surface area contributed by atoms with Crippen LogP contribution < -0.4 is 10.3 Å². The van der Waals surface area contributed by atoms with Crippen LogP contribution in [0.2, 0.25) is 0 Å². The van der Waals surface area contributed by atoms with Gasteiger partial charge in [0, 0.05) is 0 Å². The Morgan fingerprint density at radius 1 is 1.11 bits per heavy atom. The van der Waals surface area contributed by atoms with Gasteiger partial charge in [-0.3, -0.25) is 9.09 Å². The lowest BCUT2D eigenvalue weighted by molar-refractivity contribution is -0.0503. The van der Waals surface area contributed by atoms with Crippen molar-refractivity contribution in [1.29, 1.82) is 0 Å². The summed E-state index contributed by atoms with van der Waals surface area (Å²) in [4.78, 5) is 39.8. The molecular weight excluding hydrogens is 571 g/mol. The maximum atomic E-state index is 12.7. The van der Waals surface area contributed by atoms with Crippen LogP contribution in [0.25, 0.3) is 11.2 Å². The third kappa shape index (κ3) is 6.17. The van der Waals surface area contributed by atoms with E-state index in [0.29, 0.717) is 0 Å². The van der Waals surface area contributed by atoms with Crippen molar-refractivity contribution in [3.8, 4) is 5.06 Å². The number of aliphatic hydroxyl groups excluding tert-OH is 2. The zero-order valence-electron chi connectivity index (χ0n) is 17.5. The van der Waals surface area contributed by atoms with Crippen molar-refractivity contribution >= 4 is 51.8 Å². The number of nitrogen functional groups attached to an aromatic ring is 1. The average molecular weight is 589 g/mol. The maximum Gasteiger partial charge on any atom is 0.548 e. The number of imidazole rings is 1. The standard InChI is InChI=1S/C14H18N5O13P3S/c15-12-9-13(17-5-16-12)19(6-18-9)14-11(21)10(20)7(29-14)4-28-34(25,26)32-35(27,31-33(22,23)24)30-8-2-1-3-36-8/h1-3,5-7,10-11,14,20-21H,4H2,(H,25,26)(H2,15,16,17)(H2,22,23,24)/t7-,10?,11?,14-,35?/m1/s1. The Morgan fingerprint density at radius 3 is 2.53 bits per heavy atom. The number of rotatable bonds is 10. The Hall–Kier alpha value is -1.82. The van der Waals surface area contributed by atoms with Crippen molar-refractivity contribution < 1.29 is 61.0 Å². The molecule has 6 atom stereocenters. The zero-order chi connectivity index (χ0) is 26.3. The van der Waals surface area contributed by atoms with Gasteiger partial charge in [-0.2, -0.15) is 8.62 Å². The van der Waals surface area contributed by atoms with E-state index >= 15 is 0 Å². The van der Waals surface area contributed by atoms with Gasteiger partial charge < -0.3 is 39.9 Å². The summed E-state index contributed by atoms with van der Waals surface area (Å²) in [5.41, 5.74) is 6.08. The predicted octanol–water partition coefficient (Wildman–Crippen LogP) is 0.519. The van der Waals surface area contributed by atoms with E-state index in [1.165, 1.54) is 28.4 Å². The minimum absolute atomic E-state index is 0.0526. The first-order valence-electron chi connectivity index (χ1n) is 9.50. The van der Waals surface area contributed by atoms with Crippen LogP contribution in [0.3, 0.4) is 0 Å². The average Bonchev–Trinajstić information content (AvgIpc) is 3.46. The topological polar surface area (TPSA) is 268 Å². The molecule has 198 valence electrons. The van der Waals surface area contributed by atoms with Gasteiger partial charge in [0.05, 0.1) is 12.9 Å². The third-order valence-corrected chi connectivity index (χ3v) is 9.55. The van der Waals surface area contributed by atoms with E-state index in [4.69, 9.17) is 24.8 Å². The molecule has 7 N–H and O–H groups in total. The minimum atomic E-state index is -5.53. The van der Waals surface area contributed by atoms with Crippen LogP contribution in [0.4, 0.5) is 5.82 Å². The van der Waals surface area contributed by atoms with Crippen molar-refractivity contribution in [2.75, 3.05) is 12.3 Å². The lowest BCUT2D eigenvalue weighted by atomic mass is 10.1. The molecule has 4 rings (SSSR count). The molecule has 0 amide bonds. The van der Waals surface area contributed by atoms with Crippen LogP contribution >= 0.6 is 34.8 Å². The highest BCUT2D eigenvalue weighted by molar-refractivity contribution is 7.67. The molecule has 0 radical (unpaired) electrons. The van der Waals surface area contributed by atoms with Crippen molar-refractivity contribution in [2.45, 2.75) is 24.5 Å². The van der Waals surface area contributed by atoms with Gasteiger partial charge in [0.2, 0.25) is 0 Å². The van der Waals surface area contributed by atoms with E-state index in [1.807, 2.05) is 0 Å². The number of nitrogens with zero attached hydrogens (tertiary/aromatic N) is 4.